The Labute approximate surface area is 165 Å². The average molecular weight is 467 g/mol. The first-order chi connectivity index (χ1) is 11.1. The Kier molecular flexibility index (Phi) is 9.99. The third-order valence-corrected chi connectivity index (χ3v) is 5.27. The summed E-state index contributed by atoms with van der Waals surface area (Å²) in [5.41, 5.74) is 0.687. The minimum Gasteiger partial charge on any atom is -0.386 e. The number of aliphatic hydroxyl groups excluding tert-OH is 1. The van der Waals surface area contributed by atoms with E-state index in [4.69, 9.17) is 0 Å². The van der Waals surface area contributed by atoms with Gasteiger partial charge in [0.25, 0.3) is 0 Å². The lowest BCUT2D eigenvalue weighted by Gasteiger charge is -2.34. The van der Waals surface area contributed by atoms with E-state index in [1.165, 1.54) is 12.1 Å². The Balaban J connectivity index is 0.00000288. The standard InChI is InChI=1S/C17H26FN3OS.HI/c1-3-15-12-21(9-10-23-15)17(19-4-2)20-11-16(22)13-5-7-14(18)8-6-13;/h5-8,15-16,22H,3-4,9-12H2,1-2H3,(H,19,20);1H. The van der Waals surface area contributed by atoms with Gasteiger partial charge in [-0.2, -0.15) is 11.8 Å². The van der Waals surface area contributed by atoms with E-state index in [1.54, 1.807) is 12.1 Å². The lowest BCUT2D eigenvalue weighted by molar-refractivity contribution is 0.186. The van der Waals surface area contributed by atoms with Crippen LogP contribution in [0.5, 0.6) is 0 Å². The second kappa shape index (κ2) is 11.1. The van der Waals surface area contributed by atoms with Crippen molar-refractivity contribution in [1.29, 1.82) is 0 Å². The monoisotopic (exact) mass is 467 g/mol. The number of halogens is 2. The van der Waals surface area contributed by atoms with Gasteiger partial charge in [0.05, 0.1) is 12.6 Å². The minimum absolute atomic E-state index is 0. The number of aliphatic hydroxyl groups is 1. The molecule has 136 valence electrons. The smallest absolute Gasteiger partial charge is 0.194 e. The van der Waals surface area contributed by atoms with Crippen molar-refractivity contribution < 1.29 is 9.50 Å². The molecule has 2 unspecified atom stereocenters. The first-order valence-electron chi connectivity index (χ1n) is 8.22. The van der Waals surface area contributed by atoms with Crippen LogP contribution in [0.4, 0.5) is 4.39 Å². The fraction of sp³-hybridized carbons (Fsp3) is 0.588. The lowest BCUT2D eigenvalue weighted by Crippen LogP contribution is -2.48. The Morgan fingerprint density at radius 2 is 2.12 bits per heavy atom. The van der Waals surface area contributed by atoms with Crippen molar-refractivity contribution >= 4 is 41.7 Å². The summed E-state index contributed by atoms with van der Waals surface area (Å²) in [6.07, 6.45) is 0.434. The molecule has 1 aliphatic heterocycles. The number of thioether (sulfide) groups is 1. The van der Waals surface area contributed by atoms with Crippen molar-refractivity contribution in [3.05, 3.63) is 35.6 Å². The van der Waals surface area contributed by atoms with Crippen molar-refractivity contribution in [2.45, 2.75) is 31.6 Å². The number of nitrogens with one attached hydrogen (secondary N) is 1. The molecule has 2 N–H and O–H groups in total. The van der Waals surface area contributed by atoms with Crippen molar-refractivity contribution in [3.63, 3.8) is 0 Å². The summed E-state index contributed by atoms with van der Waals surface area (Å²) >= 11 is 2.02. The average Bonchev–Trinajstić information content (AvgIpc) is 2.59. The molecule has 2 atom stereocenters. The van der Waals surface area contributed by atoms with Gasteiger partial charge in [-0.15, -0.1) is 24.0 Å². The number of hydrogen-bond donors (Lipinski definition) is 2. The molecule has 1 fully saturated rings. The van der Waals surface area contributed by atoms with Crippen LogP contribution in [0.2, 0.25) is 0 Å². The number of guanidine groups is 1. The van der Waals surface area contributed by atoms with Gasteiger partial charge < -0.3 is 15.3 Å². The van der Waals surface area contributed by atoms with Crippen LogP contribution < -0.4 is 5.32 Å². The van der Waals surface area contributed by atoms with Gasteiger partial charge in [0.1, 0.15) is 5.82 Å². The predicted octanol–water partition coefficient (Wildman–Crippen LogP) is 3.27. The van der Waals surface area contributed by atoms with Crippen molar-refractivity contribution in [2.24, 2.45) is 4.99 Å². The Morgan fingerprint density at radius 1 is 1.42 bits per heavy atom. The van der Waals surface area contributed by atoms with Crippen LogP contribution in [-0.2, 0) is 0 Å². The second-order valence-corrected chi connectivity index (χ2v) is 7.02. The molecule has 0 aliphatic carbocycles. The van der Waals surface area contributed by atoms with Crippen molar-refractivity contribution in [2.75, 3.05) is 31.9 Å². The normalized spacial score (nSPS) is 19.6. The molecular weight excluding hydrogens is 440 g/mol. The Morgan fingerprint density at radius 3 is 2.75 bits per heavy atom. The molecule has 0 bridgehead atoms. The van der Waals surface area contributed by atoms with Gasteiger partial charge in [-0.05, 0) is 31.0 Å². The molecular formula is C17H27FIN3OS. The molecule has 1 aliphatic rings. The third kappa shape index (κ3) is 6.40. The Bertz CT molecular complexity index is 515. The lowest BCUT2D eigenvalue weighted by atomic mass is 10.1. The summed E-state index contributed by atoms with van der Waals surface area (Å²) in [7, 11) is 0. The molecule has 2 rings (SSSR count). The molecule has 1 heterocycles. The van der Waals surface area contributed by atoms with Crippen LogP contribution in [0, 0.1) is 5.82 Å². The van der Waals surface area contributed by atoms with E-state index in [0.29, 0.717) is 10.8 Å². The maximum absolute atomic E-state index is 12.9. The number of aliphatic imine (C=N–C) groups is 1. The van der Waals surface area contributed by atoms with E-state index in [2.05, 4.69) is 22.1 Å². The molecule has 7 heteroatoms. The molecule has 4 nitrogen and oxygen atoms in total. The number of rotatable bonds is 5. The van der Waals surface area contributed by atoms with Gasteiger partial charge in [0, 0.05) is 30.6 Å². The molecule has 0 aromatic heterocycles. The summed E-state index contributed by atoms with van der Waals surface area (Å²) in [5.74, 6) is 1.66. The molecule has 1 aromatic carbocycles. The minimum atomic E-state index is -0.717. The van der Waals surface area contributed by atoms with Crippen LogP contribution in [-0.4, -0.2) is 53.1 Å². The molecule has 0 radical (unpaired) electrons. The van der Waals surface area contributed by atoms with Gasteiger partial charge in [-0.25, -0.2) is 4.39 Å². The summed E-state index contributed by atoms with van der Waals surface area (Å²) < 4.78 is 12.9. The predicted molar refractivity (Wildman–Crippen MR) is 111 cm³/mol. The largest absolute Gasteiger partial charge is 0.386 e. The zero-order chi connectivity index (χ0) is 16.7. The highest BCUT2D eigenvalue weighted by Crippen LogP contribution is 2.21. The molecule has 1 aromatic rings. The van der Waals surface area contributed by atoms with Crippen LogP contribution in [0.15, 0.2) is 29.3 Å². The van der Waals surface area contributed by atoms with E-state index in [9.17, 15) is 9.50 Å². The van der Waals surface area contributed by atoms with Crippen LogP contribution in [0.3, 0.4) is 0 Å². The third-order valence-electron chi connectivity index (χ3n) is 3.90. The summed E-state index contributed by atoms with van der Waals surface area (Å²) in [5, 5.41) is 14.2. The van der Waals surface area contributed by atoms with Crippen LogP contribution in [0.25, 0.3) is 0 Å². The fourth-order valence-corrected chi connectivity index (χ4v) is 3.73. The van der Waals surface area contributed by atoms with Crippen LogP contribution >= 0.6 is 35.7 Å². The highest BCUT2D eigenvalue weighted by molar-refractivity contribution is 14.0. The zero-order valence-electron chi connectivity index (χ0n) is 14.2. The number of benzene rings is 1. The van der Waals surface area contributed by atoms with E-state index < -0.39 is 6.10 Å². The van der Waals surface area contributed by atoms with E-state index in [-0.39, 0.29) is 36.3 Å². The molecule has 1 saturated heterocycles. The molecule has 24 heavy (non-hydrogen) atoms. The van der Waals surface area contributed by atoms with Gasteiger partial charge >= 0.3 is 0 Å². The van der Waals surface area contributed by atoms with E-state index in [0.717, 1.165) is 37.8 Å². The Hall–Kier alpha value is -0.540. The molecule has 0 saturated carbocycles. The first kappa shape index (κ1) is 21.5. The first-order valence-corrected chi connectivity index (χ1v) is 9.27. The zero-order valence-corrected chi connectivity index (χ0v) is 17.4. The summed E-state index contributed by atoms with van der Waals surface area (Å²) in [6, 6.07) is 5.93. The quantitative estimate of drug-likeness (QED) is 0.397. The van der Waals surface area contributed by atoms with Gasteiger partial charge in [-0.3, -0.25) is 4.99 Å². The van der Waals surface area contributed by atoms with Crippen LogP contribution in [0.1, 0.15) is 31.9 Å². The van der Waals surface area contributed by atoms with E-state index >= 15 is 0 Å². The summed E-state index contributed by atoms with van der Waals surface area (Å²) in [6.45, 7) is 7.28. The van der Waals surface area contributed by atoms with E-state index in [1.807, 2.05) is 18.7 Å². The number of hydrogen-bond acceptors (Lipinski definition) is 3. The molecule has 0 amide bonds. The van der Waals surface area contributed by atoms with Gasteiger partial charge in [0.15, 0.2) is 5.96 Å². The second-order valence-electron chi connectivity index (χ2n) is 5.61. The summed E-state index contributed by atoms with van der Waals surface area (Å²) in [4.78, 5) is 6.85. The molecule has 0 spiro atoms. The SMILES string of the molecule is CCNC(=NCC(O)c1ccc(F)cc1)N1CCSC(CC)C1.I. The maximum Gasteiger partial charge on any atom is 0.194 e. The van der Waals surface area contributed by atoms with Gasteiger partial charge in [-0.1, -0.05) is 19.1 Å². The highest BCUT2D eigenvalue weighted by atomic mass is 127. The van der Waals surface area contributed by atoms with Crippen molar-refractivity contribution in [3.8, 4) is 0 Å². The van der Waals surface area contributed by atoms with Crippen molar-refractivity contribution in [1.82, 2.24) is 10.2 Å². The fourth-order valence-electron chi connectivity index (χ4n) is 2.55. The highest BCUT2D eigenvalue weighted by Gasteiger charge is 2.21. The van der Waals surface area contributed by atoms with Gasteiger partial charge in [0.2, 0.25) is 0 Å². The number of nitrogens with zero attached hydrogens (tertiary/aromatic N) is 2. The maximum atomic E-state index is 12.9. The topological polar surface area (TPSA) is 47.9 Å².